The summed E-state index contributed by atoms with van der Waals surface area (Å²) in [5.41, 5.74) is 9.99. The Balaban J connectivity index is 1.65. The maximum atomic E-state index is 13.5. The molecule has 218 valence electrons. The molecule has 0 saturated carbocycles. The molecule has 0 aliphatic carbocycles. The number of hydrogen-bond donors (Lipinski definition) is 3. The first-order valence-electron chi connectivity index (χ1n) is 14.2. The van der Waals surface area contributed by atoms with Crippen LogP contribution in [-0.4, -0.2) is 48.8 Å². The summed E-state index contributed by atoms with van der Waals surface area (Å²) in [6.07, 6.45) is 2.21. The first kappa shape index (κ1) is 30.6. The Morgan fingerprint density at radius 1 is 1.12 bits per heavy atom. The van der Waals surface area contributed by atoms with E-state index >= 15 is 0 Å². The summed E-state index contributed by atoms with van der Waals surface area (Å²) in [5, 5.41) is 15.9. The largest absolute Gasteiger partial charge is 0.453 e. The van der Waals surface area contributed by atoms with Crippen molar-refractivity contribution in [1.82, 2.24) is 10.2 Å². The molecular formula is C33H40ClN3O4. The average molecular weight is 578 g/mol. The van der Waals surface area contributed by atoms with Gasteiger partial charge < -0.3 is 25.8 Å². The second kappa shape index (κ2) is 14.0. The number of carbonyl (C=O) groups excluding carboxylic acids is 2. The number of rotatable bonds is 10. The molecule has 1 aliphatic rings. The van der Waals surface area contributed by atoms with Crippen molar-refractivity contribution in [2.24, 2.45) is 11.7 Å². The predicted molar refractivity (Wildman–Crippen MR) is 163 cm³/mol. The zero-order valence-electron chi connectivity index (χ0n) is 23.9. The topological polar surface area (TPSA) is 105 Å². The van der Waals surface area contributed by atoms with E-state index in [1.807, 2.05) is 72.5 Å². The van der Waals surface area contributed by atoms with Crippen LogP contribution in [0.2, 0.25) is 5.02 Å². The molecule has 2 amide bonds. The maximum absolute atomic E-state index is 13.5. The van der Waals surface area contributed by atoms with Crippen LogP contribution < -0.4 is 11.1 Å². The molecule has 4 N–H and O–H groups in total. The number of nitrogens with zero attached hydrogens (tertiary/aromatic N) is 1. The molecule has 4 rings (SSSR count). The van der Waals surface area contributed by atoms with E-state index in [9.17, 15) is 14.7 Å². The Morgan fingerprint density at radius 2 is 1.88 bits per heavy atom. The molecular weight excluding hydrogens is 538 g/mol. The second-order valence-electron chi connectivity index (χ2n) is 10.9. The molecule has 7 nitrogen and oxygen atoms in total. The summed E-state index contributed by atoms with van der Waals surface area (Å²) < 4.78 is 4.71. The van der Waals surface area contributed by atoms with Crippen molar-refractivity contribution in [3.8, 4) is 11.1 Å². The smallest absolute Gasteiger partial charge is 0.406 e. The van der Waals surface area contributed by atoms with Crippen molar-refractivity contribution in [1.29, 1.82) is 0 Å². The van der Waals surface area contributed by atoms with Crippen LogP contribution in [0.25, 0.3) is 11.1 Å². The second-order valence-corrected chi connectivity index (χ2v) is 11.3. The monoisotopic (exact) mass is 577 g/mol. The lowest BCUT2D eigenvalue weighted by Crippen LogP contribution is -2.49. The number of nitrogens with one attached hydrogen (secondary N) is 1. The molecule has 1 saturated heterocycles. The molecule has 0 bridgehead atoms. The lowest BCUT2D eigenvalue weighted by Gasteiger charge is -2.44. The lowest BCUT2D eigenvalue weighted by atomic mass is 9.72. The van der Waals surface area contributed by atoms with Crippen molar-refractivity contribution >= 4 is 23.6 Å². The van der Waals surface area contributed by atoms with Crippen LogP contribution in [0.15, 0.2) is 66.7 Å². The zero-order chi connectivity index (χ0) is 29.4. The van der Waals surface area contributed by atoms with Crippen LogP contribution in [-0.2, 0) is 28.1 Å². The molecule has 3 aromatic carbocycles. The van der Waals surface area contributed by atoms with Gasteiger partial charge in [0.1, 0.15) is 0 Å². The van der Waals surface area contributed by atoms with Gasteiger partial charge >= 0.3 is 6.09 Å². The number of piperidine rings is 1. The van der Waals surface area contributed by atoms with Crippen molar-refractivity contribution in [2.75, 3.05) is 26.7 Å². The van der Waals surface area contributed by atoms with E-state index < -0.39 is 11.7 Å². The lowest BCUT2D eigenvalue weighted by molar-refractivity contribution is -0.136. The van der Waals surface area contributed by atoms with Gasteiger partial charge in [-0.25, -0.2) is 4.79 Å². The van der Waals surface area contributed by atoms with E-state index in [1.165, 1.54) is 7.11 Å². The summed E-state index contributed by atoms with van der Waals surface area (Å²) >= 11 is 6.82. The van der Waals surface area contributed by atoms with Gasteiger partial charge in [-0.3, -0.25) is 4.79 Å². The van der Waals surface area contributed by atoms with Crippen LogP contribution in [0.5, 0.6) is 0 Å². The first-order chi connectivity index (χ1) is 19.7. The highest BCUT2D eigenvalue weighted by Gasteiger charge is 2.42. The average Bonchev–Trinajstić information content (AvgIpc) is 2.99. The summed E-state index contributed by atoms with van der Waals surface area (Å²) in [5.74, 6) is -0.195. The highest BCUT2D eigenvalue weighted by atomic mass is 35.5. The third kappa shape index (κ3) is 7.47. The van der Waals surface area contributed by atoms with Gasteiger partial charge in [-0.15, -0.1) is 0 Å². The third-order valence-corrected chi connectivity index (χ3v) is 8.32. The number of amides is 2. The summed E-state index contributed by atoms with van der Waals surface area (Å²) in [4.78, 5) is 27.0. The molecule has 1 fully saturated rings. The van der Waals surface area contributed by atoms with Crippen molar-refractivity contribution in [2.45, 2.75) is 51.2 Å². The standard InChI is InChI=1S/C33H40ClN3O4/c1-23-8-3-11-26(18-23)31-28(13-5-14-29(31)34)33(40,15-7-16-36-32(39)41-2)27-12-6-17-37(22-27)30(38)20-24-9-4-10-25(19-24)21-35/h3-5,8-11,13-14,18-19,27,40H,6-7,12,15-17,20-22,35H2,1-2H3,(H,36,39)/t27-,33?/m1/s1. The van der Waals surface area contributed by atoms with Crippen LogP contribution in [0.1, 0.15) is 47.9 Å². The van der Waals surface area contributed by atoms with E-state index in [-0.39, 0.29) is 18.2 Å². The minimum atomic E-state index is -1.29. The van der Waals surface area contributed by atoms with Crippen molar-refractivity contribution in [3.63, 3.8) is 0 Å². The van der Waals surface area contributed by atoms with Crippen LogP contribution in [0.4, 0.5) is 4.79 Å². The summed E-state index contributed by atoms with van der Waals surface area (Å²) in [7, 11) is 1.33. The normalized spacial score (nSPS) is 16.6. The Labute approximate surface area is 247 Å². The highest BCUT2D eigenvalue weighted by molar-refractivity contribution is 6.33. The van der Waals surface area contributed by atoms with Crippen molar-refractivity contribution < 1.29 is 19.4 Å². The minimum Gasteiger partial charge on any atom is -0.453 e. The third-order valence-electron chi connectivity index (χ3n) is 8.01. The molecule has 0 radical (unpaired) electrons. The van der Waals surface area contributed by atoms with Gasteiger partial charge in [-0.05, 0) is 60.9 Å². The van der Waals surface area contributed by atoms with Crippen molar-refractivity contribution in [3.05, 3.63) is 94.0 Å². The maximum Gasteiger partial charge on any atom is 0.406 e. The first-order valence-corrected chi connectivity index (χ1v) is 14.6. The van der Waals surface area contributed by atoms with Gasteiger partial charge in [0.15, 0.2) is 0 Å². The fourth-order valence-electron chi connectivity index (χ4n) is 5.90. The van der Waals surface area contributed by atoms with E-state index in [2.05, 4.69) is 11.4 Å². The molecule has 3 aromatic rings. The number of ether oxygens (including phenoxy) is 1. The number of methoxy groups -OCH3 is 1. The number of likely N-dealkylation sites (tertiary alicyclic amines) is 1. The number of halogens is 1. The quantitative estimate of drug-likeness (QED) is 0.273. The van der Waals surface area contributed by atoms with Gasteiger partial charge in [0.05, 0.1) is 19.1 Å². The SMILES string of the molecule is COC(=O)NCCCC(O)(c1cccc(Cl)c1-c1cccc(C)c1)[C@@H]1CCCN(C(=O)Cc2cccc(CN)c2)C1. The number of nitrogens with two attached hydrogens (primary N) is 1. The Bertz CT molecular complexity index is 1360. The summed E-state index contributed by atoms with van der Waals surface area (Å²) in [6.45, 7) is 3.87. The van der Waals surface area contributed by atoms with Gasteiger partial charge in [0.25, 0.3) is 0 Å². The fraction of sp³-hybridized carbons (Fsp3) is 0.394. The van der Waals surface area contributed by atoms with Crippen LogP contribution >= 0.6 is 11.6 Å². The van der Waals surface area contributed by atoms with E-state index in [0.29, 0.717) is 44.0 Å². The number of aryl methyl sites for hydroxylation is 1. The molecule has 0 spiro atoms. The van der Waals surface area contributed by atoms with Gasteiger partial charge in [-0.2, -0.15) is 0 Å². The molecule has 8 heteroatoms. The predicted octanol–water partition coefficient (Wildman–Crippen LogP) is 5.58. The molecule has 41 heavy (non-hydrogen) atoms. The number of carbonyl (C=O) groups is 2. The Kier molecular flexibility index (Phi) is 10.4. The Hall–Kier alpha value is -3.39. The fourth-order valence-corrected chi connectivity index (χ4v) is 6.19. The van der Waals surface area contributed by atoms with Crippen LogP contribution in [0, 0.1) is 12.8 Å². The van der Waals surface area contributed by atoms with E-state index in [4.69, 9.17) is 22.1 Å². The molecule has 1 heterocycles. The number of benzene rings is 3. The highest BCUT2D eigenvalue weighted by Crippen LogP contribution is 2.45. The van der Waals surface area contributed by atoms with E-state index in [0.717, 1.165) is 46.2 Å². The number of alkyl carbamates (subject to hydrolysis) is 1. The van der Waals surface area contributed by atoms with Crippen LogP contribution in [0.3, 0.4) is 0 Å². The molecule has 2 atom stereocenters. The number of aliphatic hydroxyl groups is 1. The van der Waals surface area contributed by atoms with E-state index in [1.54, 1.807) is 0 Å². The van der Waals surface area contributed by atoms with Gasteiger partial charge in [0.2, 0.25) is 5.91 Å². The van der Waals surface area contributed by atoms with Gasteiger partial charge in [-0.1, -0.05) is 77.8 Å². The molecule has 0 aromatic heterocycles. The summed E-state index contributed by atoms with van der Waals surface area (Å²) in [6, 6.07) is 21.5. The zero-order valence-corrected chi connectivity index (χ0v) is 24.6. The molecule has 1 unspecified atom stereocenters. The van der Waals surface area contributed by atoms with Gasteiger partial charge in [0, 0.05) is 42.7 Å². The minimum absolute atomic E-state index is 0.0311. The number of hydrogen-bond acceptors (Lipinski definition) is 5. The molecule has 1 aliphatic heterocycles. The Morgan fingerprint density at radius 3 is 2.63 bits per heavy atom.